The molecule has 0 aliphatic heterocycles. The number of rotatable bonds is 5. The van der Waals surface area contributed by atoms with E-state index in [1.54, 1.807) is 12.1 Å². The fourth-order valence-corrected chi connectivity index (χ4v) is 4.19. The molecule has 2 saturated carbocycles. The van der Waals surface area contributed by atoms with Gasteiger partial charge >= 0.3 is 5.69 Å². The van der Waals surface area contributed by atoms with Gasteiger partial charge in [-0.3, -0.25) is 10.1 Å². The molecule has 0 N–H and O–H groups in total. The Kier molecular flexibility index (Phi) is 3.93. The molecule has 1 aromatic carbocycles. The zero-order chi connectivity index (χ0) is 15.0. The molecule has 0 spiro atoms. The lowest BCUT2D eigenvalue weighted by Gasteiger charge is -2.27. The molecule has 0 heterocycles. The number of hydrogen-bond donors (Lipinski definition) is 0. The maximum Gasteiger partial charge on any atom is 0.305 e. The summed E-state index contributed by atoms with van der Waals surface area (Å²) < 4.78 is 14.1. The Bertz CT molecular complexity index is 549. The van der Waals surface area contributed by atoms with Gasteiger partial charge in [-0.15, -0.1) is 0 Å². The summed E-state index contributed by atoms with van der Waals surface area (Å²) in [6, 6.07) is 4.41. The molecule has 0 radical (unpaired) electrons. The zero-order valence-electron chi connectivity index (χ0n) is 12.3. The summed E-state index contributed by atoms with van der Waals surface area (Å²) in [5.74, 6) is 1.77. The fraction of sp³-hybridized carbons (Fsp3) is 0.625. The van der Waals surface area contributed by atoms with Gasteiger partial charge in [0.15, 0.2) is 0 Å². The Balaban J connectivity index is 1.63. The van der Waals surface area contributed by atoms with Gasteiger partial charge in [-0.1, -0.05) is 18.6 Å². The summed E-state index contributed by atoms with van der Waals surface area (Å²) in [6.07, 6.45) is 5.38. The number of nitro groups is 1. The highest BCUT2D eigenvalue weighted by Crippen LogP contribution is 2.48. The normalized spacial score (nSPS) is 27.5. The van der Waals surface area contributed by atoms with Gasteiger partial charge in [0.2, 0.25) is 5.82 Å². The summed E-state index contributed by atoms with van der Waals surface area (Å²) in [5.41, 5.74) is -0.0179. The maximum absolute atomic E-state index is 14.1. The number of hydrogen-bond acceptors (Lipinski definition) is 3. The molecule has 0 amide bonds. The van der Waals surface area contributed by atoms with Crippen molar-refractivity contribution in [2.24, 2.45) is 17.8 Å². The largest absolute Gasteiger partial charge is 0.305 e. The monoisotopic (exact) mass is 292 g/mol. The maximum atomic E-state index is 14.1. The third-order valence-corrected chi connectivity index (χ3v) is 5.13. The fourth-order valence-electron chi connectivity index (χ4n) is 4.19. The minimum absolute atomic E-state index is 0.412. The second kappa shape index (κ2) is 5.72. The van der Waals surface area contributed by atoms with Crippen molar-refractivity contribution in [3.63, 3.8) is 0 Å². The van der Waals surface area contributed by atoms with Crippen molar-refractivity contribution in [1.29, 1.82) is 0 Å². The van der Waals surface area contributed by atoms with Crippen LogP contribution >= 0.6 is 0 Å². The van der Waals surface area contributed by atoms with Crippen LogP contribution in [0.1, 0.15) is 31.2 Å². The standard InChI is InChI=1S/C16H21FN2O2/c1-18(10-14-8-11-5-6-12(14)7-11)9-13-3-2-4-15(16(13)17)19(20)21/h2-4,11-12,14H,5-10H2,1H3. The van der Waals surface area contributed by atoms with E-state index in [-0.39, 0.29) is 0 Å². The van der Waals surface area contributed by atoms with E-state index >= 15 is 0 Å². The number of halogens is 1. The highest BCUT2D eigenvalue weighted by molar-refractivity contribution is 5.36. The summed E-state index contributed by atoms with van der Waals surface area (Å²) in [5, 5.41) is 10.8. The summed E-state index contributed by atoms with van der Waals surface area (Å²) in [6.45, 7) is 1.39. The average molecular weight is 292 g/mol. The molecule has 5 heteroatoms. The van der Waals surface area contributed by atoms with Crippen LogP contribution in [0.25, 0.3) is 0 Å². The number of fused-ring (bicyclic) bond motifs is 2. The first-order valence-electron chi connectivity index (χ1n) is 7.65. The van der Waals surface area contributed by atoms with Crippen LogP contribution in [-0.4, -0.2) is 23.4 Å². The van der Waals surface area contributed by atoms with E-state index in [2.05, 4.69) is 4.90 Å². The van der Waals surface area contributed by atoms with Gasteiger partial charge in [0.1, 0.15) is 0 Å². The lowest BCUT2D eigenvalue weighted by molar-refractivity contribution is -0.387. The first-order chi connectivity index (χ1) is 10.0. The van der Waals surface area contributed by atoms with Crippen molar-refractivity contribution in [2.45, 2.75) is 32.2 Å². The Hall–Kier alpha value is -1.49. The number of benzene rings is 1. The van der Waals surface area contributed by atoms with Gasteiger partial charge < -0.3 is 4.90 Å². The van der Waals surface area contributed by atoms with Crippen molar-refractivity contribution in [3.05, 3.63) is 39.7 Å². The molecule has 114 valence electrons. The lowest BCUT2D eigenvalue weighted by atomic mass is 9.88. The molecule has 0 aromatic heterocycles. The van der Waals surface area contributed by atoms with Crippen LogP contribution in [0.5, 0.6) is 0 Å². The third kappa shape index (κ3) is 2.93. The van der Waals surface area contributed by atoms with Gasteiger partial charge in [0.05, 0.1) is 4.92 Å². The average Bonchev–Trinajstić information content (AvgIpc) is 3.03. The smallest absolute Gasteiger partial charge is 0.302 e. The predicted molar refractivity (Wildman–Crippen MR) is 78.3 cm³/mol. The Morgan fingerprint density at radius 1 is 1.38 bits per heavy atom. The third-order valence-electron chi connectivity index (χ3n) is 5.13. The molecule has 2 aliphatic carbocycles. The zero-order valence-corrected chi connectivity index (χ0v) is 12.3. The molecule has 2 aliphatic rings. The van der Waals surface area contributed by atoms with Crippen LogP contribution in [0.15, 0.2) is 18.2 Å². The molecule has 2 bridgehead atoms. The van der Waals surface area contributed by atoms with Crippen LogP contribution in [0.4, 0.5) is 10.1 Å². The van der Waals surface area contributed by atoms with E-state index in [9.17, 15) is 14.5 Å². The molecule has 2 fully saturated rings. The van der Waals surface area contributed by atoms with Crippen molar-refractivity contribution in [2.75, 3.05) is 13.6 Å². The van der Waals surface area contributed by atoms with Gasteiger partial charge in [0, 0.05) is 24.7 Å². The van der Waals surface area contributed by atoms with Crippen LogP contribution in [0.3, 0.4) is 0 Å². The topological polar surface area (TPSA) is 46.4 Å². The van der Waals surface area contributed by atoms with Crippen molar-refractivity contribution in [3.8, 4) is 0 Å². The predicted octanol–water partition coefficient (Wildman–Crippen LogP) is 3.60. The summed E-state index contributed by atoms with van der Waals surface area (Å²) in [7, 11) is 1.98. The van der Waals surface area contributed by atoms with Gasteiger partial charge in [-0.2, -0.15) is 4.39 Å². The van der Waals surface area contributed by atoms with Crippen LogP contribution in [0, 0.1) is 33.7 Å². The quantitative estimate of drug-likeness (QED) is 0.615. The van der Waals surface area contributed by atoms with Crippen molar-refractivity contribution < 1.29 is 9.31 Å². The first kappa shape index (κ1) is 14.4. The van der Waals surface area contributed by atoms with Gasteiger partial charge in [-0.25, -0.2) is 0 Å². The highest BCUT2D eigenvalue weighted by Gasteiger charge is 2.39. The van der Waals surface area contributed by atoms with E-state index in [4.69, 9.17) is 0 Å². The summed E-state index contributed by atoms with van der Waals surface area (Å²) >= 11 is 0. The van der Waals surface area contributed by atoms with E-state index in [1.807, 2.05) is 7.05 Å². The molecule has 3 unspecified atom stereocenters. The second-order valence-corrected chi connectivity index (χ2v) is 6.64. The Morgan fingerprint density at radius 2 is 2.19 bits per heavy atom. The highest BCUT2D eigenvalue weighted by atomic mass is 19.1. The van der Waals surface area contributed by atoms with Gasteiger partial charge in [-0.05, 0) is 44.1 Å². The van der Waals surface area contributed by atoms with E-state index in [0.717, 1.165) is 24.3 Å². The SMILES string of the molecule is CN(Cc1cccc([N+](=O)[O-])c1F)CC1CC2CCC1C2. The molecule has 3 rings (SSSR count). The first-order valence-corrected chi connectivity index (χ1v) is 7.65. The lowest BCUT2D eigenvalue weighted by Crippen LogP contribution is -2.28. The Morgan fingerprint density at radius 3 is 2.81 bits per heavy atom. The van der Waals surface area contributed by atoms with E-state index in [1.165, 1.54) is 31.7 Å². The number of nitro benzene ring substituents is 1. The van der Waals surface area contributed by atoms with Gasteiger partial charge in [0.25, 0.3) is 0 Å². The minimum atomic E-state index is -0.692. The van der Waals surface area contributed by atoms with Crippen LogP contribution in [-0.2, 0) is 6.54 Å². The van der Waals surface area contributed by atoms with Crippen molar-refractivity contribution >= 4 is 5.69 Å². The van der Waals surface area contributed by atoms with Crippen LogP contribution < -0.4 is 0 Å². The Labute approximate surface area is 124 Å². The molecule has 1 aromatic rings. The van der Waals surface area contributed by atoms with E-state index < -0.39 is 16.4 Å². The molecular formula is C16H21FN2O2. The number of nitrogens with zero attached hydrogens (tertiary/aromatic N) is 2. The summed E-state index contributed by atoms with van der Waals surface area (Å²) in [4.78, 5) is 12.2. The minimum Gasteiger partial charge on any atom is -0.302 e. The molecule has 21 heavy (non-hydrogen) atoms. The van der Waals surface area contributed by atoms with E-state index in [0.29, 0.717) is 12.1 Å². The van der Waals surface area contributed by atoms with Crippen molar-refractivity contribution in [1.82, 2.24) is 4.90 Å². The van der Waals surface area contributed by atoms with Crippen LogP contribution in [0.2, 0.25) is 0 Å². The molecular weight excluding hydrogens is 271 g/mol. The second-order valence-electron chi connectivity index (χ2n) is 6.64. The molecule has 3 atom stereocenters. The molecule has 0 saturated heterocycles. The molecule has 4 nitrogen and oxygen atoms in total.